The molecule has 0 bridgehead atoms. The van der Waals surface area contributed by atoms with Crippen molar-refractivity contribution in [1.82, 2.24) is 5.32 Å². The second-order valence-corrected chi connectivity index (χ2v) is 8.74. The Labute approximate surface area is 189 Å². The van der Waals surface area contributed by atoms with Gasteiger partial charge in [-0.3, -0.25) is 9.59 Å². The van der Waals surface area contributed by atoms with Gasteiger partial charge in [0.15, 0.2) is 6.10 Å². The summed E-state index contributed by atoms with van der Waals surface area (Å²) in [7, 11) is 0. The molecular weight excluding hydrogens is 400 g/mol. The van der Waals surface area contributed by atoms with Crippen molar-refractivity contribution < 1.29 is 14.3 Å². The second-order valence-electron chi connectivity index (χ2n) is 8.74. The first-order valence-corrected chi connectivity index (χ1v) is 10.7. The van der Waals surface area contributed by atoms with Crippen LogP contribution in [0, 0.1) is 0 Å². The molecule has 0 unspecified atom stereocenters. The predicted molar refractivity (Wildman–Crippen MR) is 128 cm³/mol. The number of carbonyl (C=O) groups is 2. The lowest BCUT2D eigenvalue weighted by Crippen LogP contribution is -2.31. The maximum absolute atomic E-state index is 12.7. The number of nitrogens with one attached hydrogen (secondary N) is 2. The lowest BCUT2D eigenvalue weighted by atomic mass is 9.87. The van der Waals surface area contributed by atoms with Crippen molar-refractivity contribution in [3.63, 3.8) is 0 Å². The summed E-state index contributed by atoms with van der Waals surface area (Å²) >= 11 is 0. The van der Waals surface area contributed by atoms with Crippen LogP contribution in [0.1, 0.15) is 49.2 Å². The van der Waals surface area contributed by atoms with Crippen molar-refractivity contribution in [2.45, 2.75) is 45.8 Å². The maximum Gasteiger partial charge on any atom is 0.265 e. The maximum atomic E-state index is 12.7. The summed E-state index contributed by atoms with van der Waals surface area (Å²) in [6, 6.07) is 24.4. The summed E-state index contributed by atoms with van der Waals surface area (Å²) in [5, 5.41) is 5.71. The number of benzene rings is 3. The molecule has 0 saturated heterocycles. The van der Waals surface area contributed by atoms with E-state index in [0.717, 1.165) is 5.56 Å². The molecule has 0 aliphatic rings. The van der Waals surface area contributed by atoms with Crippen molar-refractivity contribution in [2.75, 3.05) is 5.32 Å². The van der Waals surface area contributed by atoms with Crippen LogP contribution in [-0.2, 0) is 16.8 Å². The minimum atomic E-state index is -0.726. The van der Waals surface area contributed by atoms with E-state index in [1.807, 2.05) is 54.6 Å². The van der Waals surface area contributed by atoms with E-state index in [9.17, 15) is 9.59 Å². The summed E-state index contributed by atoms with van der Waals surface area (Å²) in [6.07, 6.45) is -0.726. The predicted octanol–water partition coefficient (Wildman–Crippen LogP) is 5.32. The first kappa shape index (κ1) is 23.1. The summed E-state index contributed by atoms with van der Waals surface area (Å²) in [6.45, 7) is 8.53. The van der Waals surface area contributed by atoms with Crippen LogP contribution in [0.25, 0.3) is 0 Å². The van der Waals surface area contributed by atoms with E-state index in [-0.39, 0.29) is 17.2 Å². The molecule has 0 fully saturated rings. The Bertz CT molecular complexity index is 1050. The van der Waals surface area contributed by atoms with Gasteiger partial charge in [0.1, 0.15) is 5.75 Å². The molecule has 1 atom stereocenters. The fourth-order valence-corrected chi connectivity index (χ4v) is 3.19. The highest BCUT2D eigenvalue weighted by Crippen LogP contribution is 2.25. The zero-order valence-electron chi connectivity index (χ0n) is 19.0. The number of hydrogen-bond donors (Lipinski definition) is 2. The van der Waals surface area contributed by atoms with Gasteiger partial charge in [0.05, 0.1) is 11.3 Å². The third-order valence-electron chi connectivity index (χ3n) is 5.13. The fourth-order valence-electron chi connectivity index (χ4n) is 3.19. The molecule has 0 spiro atoms. The molecule has 32 heavy (non-hydrogen) atoms. The summed E-state index contributed by atoms with van der Waals surface area (Å²) in [4.78, 5) is 25.4. The topological polar surface area (TPSA) is 67.4 Å². The van der Waals surface area contributed by atoms with Crippen LogP contribution in [0.2, 0.25) is 0 Å². The molecular formula is C27H30N2O3. The first-order chi connectivity index (χ1) is 15.2. The van der Waals surface area contributed by atoms with E-state index in [4.69, 9.17) is 4.74 Å². The van der Waals surface area contributed by atoms with Crippen LogP contribution in [0.3, 0.4) is 0 Å². The van der Waals surface area contributed by atoms with Gasteiger partial charge < -0.3 is 15.4 Å². The van der Waals surface area contributed by atoms with Crippen LogP contribution in [-0.4, -0.2) is 17.9 Å². The molecule has 5 heteroatoms. The number of amides is 2. The molecule has 0 aliphatic heterocycles. The molecule has 0 heterocycles. The highest BCUT2D eigenvalue weighted by atomic mass is 16.5. The average Bonchev–Trinajstić information content (AvgIpc) is 2.78. The third-order valence-corrected chi connectivity index (χ3v) is 5.13. The smallest absolute Gasteiger partial charge is 0.265 e. The molecule has 3 rings (SSSR count). The quantitative estimate of drug-likeness (QED) is 0.533. The molecule has 0 aliphatic carbocycles. The SMILES string of the molecule is C[C@H](Oc1ccc(C(C)(C)C)cc1)C(=O)Nc1ccccc1C(=O)NCc1ccccc1. The Morgan fingerprint density at radius 1 is 0.875 bits per heavy atom. The van der Waals surface area contributed by atoms with Crippen LogP contribution in [0.15, 0.2) is 78.9 Å². The van der Waals surface area contributed by atoms with Crippen molar-refractivity contribution in [3.05, 3.63) is 95.6 Å². The van der Waals surface area contributed by atoms with Crippen molar-refractivity contribution >= 4 is 17.5 Å². The van der Waals surface area contributed by atoms with E-state index >= 15 is 0 Å². The standard InChI is InChI=1S/C27H30N2O3/c1-19(32-22-16-14-21(15-17-22)27(2,3)4)25(30)29-24-13-9-8-12-23(24)26(31)28-18-20-10-6-5-7-11-20/h5-17,19H,18H2,1-4H3,(H,28,31)(H,29,30)/t19-/m0/s1. The van der Waals surface area contributed by atoms with Gasteiger partial charge in [0.25, 0.3) is 11.8 Å². The minimum absolute atomic E-state index is 0.0479. The number of ether oxygens (including phenoxy) is 1. The van der Waals surface area contributed by atoms with Crippen LogP contribution in [0.5, 0.6) is 5.75 Å². The van der Waals surface area contributed by atoms with E-state index in [1.165, 1.54) is 5.56 Å². The summed E-state index contributed by atoms with van der Waals surface area (Å²) in [5.74, 6) is 0.0406. The Morgan fingerprint density at radius 2 is 1.50 bits per heavy atom. The second kappa shape index (κ2) is 10.1. The van der Waals surface area contributed by atoms with Crippen molar-refractivity contribution in [2.24, 2.45) is 0 Å². The largest absolute Gasteiger partial charge is 0.481 e. The monoisotopic (exact) mass is 430 g/mol. The molecule has 3 aromatic carbocycles. The lowest BCUT2D eigenvalue weighted by molar-refractivity contribution is -0.122. The van der Waals surface area contributed by atoms with Gasteiger partial charge in [0, 0.05) is 6.54 Å². The van der Waals surface area contributed by atoms with Gasteiger partial charge in [-0.2, -0.15) is 0 Å². The minimum Gasteiger partial charge on any atom is -0.481 e. The molecule has 0 saturated carbocycles. The highest BCUT2D eigenvalue weighted by Gasteiger charge is 2.19. The zero-order chi connectivity index (χ0) is 23.1. The third kappa shape index (κ3) is 6.20. The highest BCUT2D eigenvalue weighted by molar-refractivity contribution is 6.04. The Hall–Kier alpha value is -3.60. The van der Waals surface area contributed by atoms with E-state index in [1.54, 1.807) is 31.2 Å². The Kier molecular flexibility index (Phi) is 7.31. The summed E-state index contributed by atoms with van der Waals surface area (Å²) < 4.78 is 5.81. The van der Waals surface area contributed by atoms with Crippen molar-refractivity contribution in [3.8, 4) is 5.75 Å². The van der Waals surface area contributed by atoms with Crippen LogP contribution in [0.4, 0.5) is 5.69 Å². The Balaban J connectivity index is 1.62. The molecule has 2 amide bonds. The van der Waals surface area contributed by atoms with Gasteiger partial charge in [-0.25, -0.2) is 0 Å². The van der Waals surface area contributed by atoms with Crippen LogP contribution >= 0.6 is 0 Å². The number of carbonyl (C=O) groups excluding carboxylic acids is 2. The molecule has 0 radical (unpaired) electrons. The summed E-state index contributed by atoms with van der Waals surface area (Å²) in [5.41, 5.74) is 3.09. The molecule has 5 nitrogen and oxygen atoms in total. The average molecular weight is 431 g/mol. The number of rotatable bonds is 7. The molecule has 2 N–H and O–H groups in total. The number of hydrogen-bond acceptors (Lipinski definition) is 3. The normalized spacial score (nSPS) is 12.0. The molecule has 166 valence electrons. The van der Waals surface area contributed by atoms with Gasteiger partial charge in [-0.05, 0) is 47.7 Å². The zero-order valence-corrected chi connectivity index (χ0v) is 19.0. The lowest BCUT2D eigenvalue weighted by Gasteiger charge is -2.20. The van der Waals surface area contributed by atoms with Gasteiger partial charge in [-0.15, -0.1) is 0 Å². The number of para-hydroxylation sites is 1. The van der Waals surface area contributed by atoms with E-state index in [2.05, 4.69) is 31.4 Å². The van der Waals surface area contributed by atoms with Gasteiger partial charge in [-0.1, -0.05) is 75.4 Å². The van der Waals surface area contributed by atoms with Crippen molar-refractivity contribution in [1.29, 1.82) is 0 Å². The van der Waals surface area contributed by atoms with E-state index in [0.29, 0.717) is 23.5 Å². The fraction of sp³-hybridized carbons (Fsp3) is 0.259. The number of anilines is 1. The molecule has 3 aromatic rings. The van der Waals surface area contributed by atoms with E-state index < -0.39 is 6.10 Å². The first-order valence-electron chi connectivity index (χ1n) is 10.7. The molecule has 0 aromatic heterocycles. The Morgan fingerprint density at radius 3 is 2.16 bits per heavy atom. The van der Waals surface area contributed by atoms with Gasteiger partial charge >= 0.3 is 0 Å². The van der Waals surface area contributed by atoms with Crippen LogP contribution < -0.4 is 15.4 Å². The van der Waals surface area contributed by atoms with Gasteiger partial charge in [0.2, 0.25) is 0 Å².